The lowest BCUT2D eigenvalue weighted by Gasteiger charge is -1.84. The van der Waals surface area contributed by atoms with Gasteiger partial charge in [-0.05, 0) is 34.2 Å². The first-order valence-corrected chi connectivity index (χ1v) is 5.12. The minimum absolute atomic E-state index is 0.300. The summed E-state index contributed by atoms with van der Waals surface area (Å²) < 4.78 is 1.03. The van der Waals surface area contributed by atoms with E-state index in [4.69, 9.17) is 12.2 Å². The van der Waals surface area contributed by atoms with Crippen LogP contribution < -0.4 is 0 Å². The van der Waals surface area contributed by atoms with Gasteiger partial charge in [0, 0.05) is 9.85 Å². The number of nitrogens with zero attached hydrogens (tertiary/aromatic N) is 3. The third-order valence-corrected chi connectivity index (χ3v) is 3.08. The maximum Gasteiger partial charge on any atom is 0.242 e. The van der Waals surface area contributed by atoms with E-state index in [-0.39, 0.29) is 0 Å². The second kappa shape index (κ2) is 3.12. The number of thiophene rings is 1. The molecule has 12 heavy (non-hydrogen) atoms. The molecule has 0 saturated heterocycles. The van der Waals surface area contributed by atoms with Crippen molar-refractivity contribution in [2.45, 2.75) is 0 Å². The molecule has 1 aromatic rings. The topological polar surface area (TPSA) is 37.1 Å². The van der Waals surface area contributed by atoms with Gasteiger partial charge in [0.15, 0.2) is 5.84 Å². The Hall–Kier alpha value is -0.460. The van der Waals surface area contributed by atoms with Crippen LogP contribution in [0.3, 0.4) is 0 Å². The summed E-state index contributed by atoms with van der Waals surface area (Å²) >= 11 is 9.65. The van der Waals surface area contributed by atoms with Crippen molar-refractivity contribution < 1.29 is 0 Å². The molecule has 0 bridgehead atoms. The fraction of sp³-hybridized carbons (Fsp3) is 0. The highest BCUT2D eigenvalue weighted by atomic mass is 79.9. The molecule has 0 N–H and O–H groups in total. The molecule has 1 aliphatic heterocycles. The summed E-state index contributed by atoms with van der Waals surface area (Å²) in [6.45, 7) is 0. The summed E-state index contributed by atoms with van der Waals surface area (Å²) in [6, 6.07) is 1.94. The Balaban J connectivity index is 2.39. The Morgan fingerprint density at radius 2 is 2.25 bits per heavy atom. The Morgan fingerprint density at radius 3 is 2.75 bits per heavy atom. The third-order valence-electron chi connectivity index (χ3n) is 1.22. The van der Waals surface area contributed by atoms with Crippen LogP contribution in [0, 0.1) is 0 Å². The van der Waals surface area contributed by atoms with Gasteiger partial charge in [0.1, 0.15) is 0 Å². The molecule has 0 aromatic carbocycles. The highest BCUT2D eigenvalue weighted by Gasteiger charge is 2.11. The summed E-state index contributed by atoms with van der Waals surface area (Å²) in [5, 5.41) is 9.74. The van der Waals surface area contributed by atoms with E-state index in [0.717, 1.165) is 9.35 Å². The molecule has 1 aromatic heterocycles. The molecule has 60 valence electrons. The fourth-order valence-corrected chi connectivity index (χ4v) is 2.24. The number of halogens is 1. The van der Waals surface area contributed by atoms with E-state index in [9.17, 15) is 0 Å². The van der Waals surface area contributed by atoms with Crippen LogP contribution in [0.4, 0.5) is 0 Å². The zero-order chi connectivity index (χ0) is 8.55. The zero-order valence-corrected chi connectivity index (χ0v) is 8.91. The number of amidine groups is 1. The van der Waals surface area contributed by atoms with Gasteiger partial charge in [0.2, 0.25) is 5.11 Å². The van der Waals surface area contributed by atoms with E-state index >= 15 is 0 Å². The first kappa shape index (κ1) is 8.15. The van der Waals surface area contributed by atoms with Gasteiger partial charge in [-0.1, -0.05) is 0 Å². The van der Waals surface area contributed by atoms with E-state index in [1.54, 1.807) is 11.3 Å². The van der Waals surface area contributed by atoms with Crippen LogP contribution in [0.15, 0.2) is 31.1 Å². The summed E-state index contributed by atoms with van der Waals surface area (Å²) in [5.74, 6) is 0.607. The Kier molecular flexibility index (Phi) is 2.12. The molecule has 0 unspecified atom stereocenters. The van der Waals surface area contributed by atoms with Gasteiger partial charge >= 0.3 is 0 Å². The van der Waals surface area contributed by atoms with Crippen LogP contribution in [-0.4, -0.2) is 10.9 Å². The van der Waals surface area contributed by atoms with Gasteiger partial charge in [-0.25, -0.2) is 0 Å². The normalized spacial score (nSPS) is 15.4. The largest absolute Gasteiger partial charge is 0.242 e. The molecule has 0 amide bonds. The fourth-order valence-electron chi connectivity index (χ4n) is 0.760. The average Bonchev–Trinajstić information content (AvgIpc) is 2.58. The molecule has 3 nitrogen and oxygen atoms in total. The van der Waals surface area contributed by atoms with E-state index in [1.807, 2.05) is 11.4 Å². The lowest BCUT2D eigenvalue weighted by atomic mass is 10.4. The highest BCUT2D eigenvalue weighted by molar-refractivity contribution is 9.10. The SMILES string of the molecule is S=C1N=NC(c2cc(Br)cs2)=N1. The molecule has 2 rings (SSSR count). The smallest absolute Gasteiger partial charge is 0.194 e. The predicted molar refractivity (Wildman–Crippen MR) is 56.0 cm³/mol. The molecule has 1 aliphatic rings. The number of azo groups is 1. The monoisotopic (exact) mass is 259 g/mol. The minimum Gasteiger partial charge on any atom is -0.194 e. The van der Waals surface area contributed by atoms with Crippen LogP contribution in [0.2, 0.25) is 0 Å². The van der Waals surface area contributed by atoms with Gasteiger partial charge < -0.3 is 0 Å². The molecule has 0 aliphatic carbocycles. The third kappa shape index (κ3) is 1.50. The van der Waals surface area contributed by atoms with Crippen molar-refractivity contribution in [1.82, 2.24) is 0 Å². The van der Waals surface area contributed by atoms with E-state index in [0.29, 0.717) is 10.9 Å². The standard InChI is InChI=1S/C6H2BrN3S2/c7-3-1-4(12-2-3)5-8-6(11)10-9-5/h1-2H. The van der Waals surface area contributed by atoms with Gasteiger partial charge in [-0.3, -0.25) is 0 Å². The number of hydrogen-bond acceptors (Lipinski definition) is 3. The first-order valence-electron chi connectivity index (χ1n) is 3.04. The molecule has 2 heterocycles. The second-order valence-corrected chi connectivity index (χ2v) is 4.24. The summed E-state index contributed by atoms with van der Waals surface area (Å²) in [6.07, 6.45) is 0. The quantitative estimate of drug-likeness (QED) is 0.715. The molecule has 0 spiro atoms. The lowest BCUT2D eigenvalue weighted by Crippen LogP contribution is -1.88. The van der Waals surface area contributed by atoms with Crippen molar-refractivity contribution in [3.63, 3.8) is 0 Å². The number of hydrogen-bond donors (Lipinski definition) is 0. The van der Waals surface area contributed by atoms with Gasteiger partial charge in [0.25, 0.3) is 0 Å². The van der Waals surface area contributed by atoms with Crippen LogP contribution in [0.1, 0.15) is 4.88 Å². The first-order chi connectivity index (χ1) is 5.75. The molecular formula is C6H2BrN3S2. The summed E-state index contributed by atoms with van der Waals surface area (Å²) in [5.41, 5.74) is 0. The molecule has 6 heteroatoms. The van der Waals surface area contributed by atoms with E-state index in [2.05, 4.69) is 31.2 Å². The number of aliphatic imine (C=N–C) groups is 1. The Morgan fingerprint density at radius 1 is 1.42 bits per heavy atom. The Bertz CT molecular complexity index is 393. The molecule has 0 radical (unpaired) electrons. The van der Waals surface area contributed by atoms with E-state index < -0.39 is 0 Å². The second-order valence-electron chi connectivity index (χ2n) is 2.05. The van der Waals surface area contributed by atoms with Crippen LogP contribution >= 0.6 is 39.5 Å². The minimum atomic E-state index is 0.300. The van der Waals surface area contributed by atoms with Crippen molar-refractivity contribution in [2.75, 3.05) is 0 Å². The van der Waals surface area contributed by atoms with Crippen molar-refractivity contribution in [2.24, 2.45) is 15.2 Å². The lowest BCUT2D eigenvalue weighted by molar-refractivity contribution is 1.41. The summed E-state index contributed by atoms with van der Waals surface area (Å²) in [7, 11) is 0. The molecule has 0 atom stereocenters. The highest BCUT2D eigenvalue weighted by Crippen LogP contribution is 2.22. The van der Waals surface area contributed by atoms with Crippen molar-refractivity contribution in [1.29, 1.82) is 0 Å². The maximum atomic E-state index is 4.75. The summed E-state index contributed by atoms with van der Waals surface area (Å²) in [4.78, 5) is 4.95. The number of thiocarbonyl (C=S) groups is 1. The van der Waals surface area contributed by atoms with Crippen LogP contribution in [-0.2, 0) is 0 Å². The van der Waals surface area contributed by atoms with Gasteiger partial charge in [-0.15, -0.1) is 21.6 Å². The van der Waals surface area contributed by atoms with Crippen molar-refractivity contribution in [3.8, 4) is 0 Å². The van der Waals surface area contributed by atoms with Crippen molar-refractivity contribution in [3.05, 3.63) is 20.8 Å². The average molecular weight is 260 g/mol. The predicted octanol–water partition coefficient (Wildman–Crippen LogP) is 3.01. The Labute approximate surface area is 86.4 Å². The maximum absolute atomic E-state index is 4.75. The zero-order valence-electron chi connectivity index (χ0n) is 5.69. The molecule has 0 fully saturated rings. The molecule has 0 saturated carbocycles. The number of rotatable bonds is 1. The van der Waals surface area contributed by atoms with Gasteiger partial charge in [0.05, 0.1) is 4.88 Å². The van der Waals surface area contributed by atoms with Crippen molar-refractivity contribution >= 4 is 50.4 Å². The molecular weight excluding hydrogens is 258 g/mol. The van der Waals surface area contributed by atoms with E-state index in [1.165, 1.54) is 0 Å². The van der Waals surface area contributed by atoms with Crippen LogP contribution in [0.25, 0.3) is 0 Å². The van der Waals surface area contributed by atoms with Gasteiger partial charge in [-0.2, -0.15) is 4.99 Å². The van der Waals surface area contributed by atoms with Crippen LogP contribution in [0.5, 0.6) is 0 Å².